The first-order valence-electron chi connectivity index (χ1n) is 7.34. The van der Waals surface area contributed by atoms with Crippen LogP contribution in [0.1, 0.15) is 36.3 Å². The van der Waals surface area contributed by atoms with Gasteiger partial charge >= 0.3 is 0 Å². The van der Waals surface area contributed by atoms with Gasteiger partial charge in [0.05, 0.1) is 11.4 Å². The predicted octanol–water partition coefficient (Wildman–Crippen LogP) is 3.56. The SMILES string of the molecule is C/C=C(\C=C/CC)c1cc(-c2ccc(C(N)=O)cc2)nn1C. The van der Waals surface area contributed by atoms with Crippen molar-refractivity contribution in [2.45, 2.75) is 20.3 Å². The van der Waals surface area contributed by atoms with Gasteiger partial charge in [-0.1, -0.05) is 37.3 Å². The largest absolute Gasteiger partial charge is 0.366 e. The first-order valence-corrected chi connectivity index (χ1v) is 7.34. The lowest BCUT2D eigenvalue weighted by Crippen LogP contribution is -2.10. The molecule has 0 radical (unpaired) electrons. The van der Waals surface area contributed by atoms with Gasteiger partial charge in [0, 0.05) is 18.2 Å². The molecule has 2 N–H and O–H groups in total. The Labute approximate surface area is 131 Å². The molecular weight excluding hydrogens is 274 g/mol. The molecule has 0 aliphatic carbocycles. The Bertz CT molecular complexity index is 721. The highest BCUT2D eigenvalue weighted by molar-refractivity contribution is 5.93. The first kappa shape index (κ1) is 15.8. The Morgan fingerprint density at radius 2 is 2.00 bits per heavy atom. The van der Waals surface area contributed by atoms with Gasteiger partial charge in [-0.3, -0.25) is 9.48 Å². The number of aromatic nitrogens is 2. The van der Waals surface area contributed by atoms with E-state index in [9.17, 15) is 4.79 Å². The van der Waals surface area contributed by atoms with Crippen LogP contribution in [0.3, 0.4) is 0 Å². The Morgan fingerprint density at radius 3 is 2.55 bits per heavy atom. The summed E-state index contributed by atoms with van der Waals surface area (Å²) in [7, 11) is 1.93. The molecule has 0 unspecified atom stereocenters. The first-order chi connectivity index (χ1) is 10.6. The normalized spacial score (nSPS) is 12.0. The smallest absolute Gasteiger partial charge is 0.248 e. The molecule has 1 aromatic heterocycles. The van der Waals surface area contributed by atoms with Crippen molar-refractivity contribution in [2.24, 2.45) is 12.8 Å². The molecular formula is C18H21N3O. The van der Waals surface area contributed by atoms with Crippen LogP contribution in [0.25, 0.3) is 16.8 Å². The average Bonchev–Trinajstić information content (AvgIpc) is 2.90. The van der Waals surface area contributed by atoms with E-state index in [0.717, 1.165) is 28.9 Å². The van der Waals surface area contributed by atoms with Crippen molar-refractivity contribution in [3.05, 3.63) is 59.8 Å². The highest BCUT2D eigenvalue weighted by Crippen LogP contribution is 2.24. The standard InChI is InChI=1S/C18H21N3O/c1-4-6-7-13(5-2)17-12-16(20-21(17)3)14-8-10-15(11-9-14)18(19)22/h5-12H,4H2,1-3H3,(H2,19,22)/b7-6-,13-5+. The van der Waals surface area contributed by atoms with Crippen LogP contribution in [0, 0.1) is 0 Å². The van der Waals surface area contributed by atoms with Crippen LogP contribution in [-0.2, 0) is 7.05 Å². The summed E-state index contributed by atoms with van der Waals surface area (Å²) in [6.45, 7) is 4.13. The Morgan fingerprint density at radius 1 is 1.32 bits per heavy atom. The van der Waals surface area contributed by atoms with Gasteiger partial charge in [-0.25, -0.2) is 0 Å². The van der Waals surface area contributed by atoms with Crippen molar-refractivity contribution in [1.29, 1.82) is 0 Å². The van der Waals surface area contributed by atoms with E-state index < -0.39 is 5.91 Å². The second-order valence-corrected chi connectivity index (χ2v) is 5.03. The van der Waals surface area contributed by atoms with Crippen LogP contribution < -0.4 is 5.73 Å². The second-order valence-electron chi connectivity index (χ2n) is 5.03. The van der Waals surface area contributed by atoms with E-state index in [1.54, 1.807) is 12.1 Å². The minimum atomic E-state index is -0.422. The fraction of sp³-hybridized carbons (Fsp3) is 0.222. The number of aryl methyl sites for hydroxylation is 1. The molecule has 114 valence electrons. The topological polar surface area (TPSA) is 60.9 Å². The maximum absolute atomic E-state index is 11.1. The zero-order chi connectivity index (χ0) is 16.1. The Kier molecular flexibility index (Phi) is 4.94. The van der Waals surface area contributed by atoms with Crippen molar-refractivity contribution in [2.75, 3.05) is 0 Å². The lowest BCUT2D eigenvalue weighted by atomic mass is 10.1. The molecule has 1 aromatic carbocycles. The monoisotopic (exact) mass is 295 g/mol. The number of benzene rings is 1. The summed E-state index contributed by atoms with van der Waals surface area (Å²) in [6, 6.07) is 9.22. The van der Waals surface area contributed by atoms with Gasteiger partial charge in [0.2, 0.25) is 5.91 Å². The fourth-order valence-corrected chi connectivity index (χ4v) is 2.26. The number of rotatable bonds is 5. The van der Waals surface area contributed by atoms with Gasteiger partial charge < -0.3 is 5.73 Å². The quantitative estimate of drug-likeness (QED) is 0.857. The van der Waals surface area contributed by atoms with Crippen LogP contribution >= 0.6 is 0 Å². The van der Waals surface area contributed by atoms with Crippen LogP contribution in [0.5, 0.6) is 0 Å². The average molecular weight is 295 g/mol. The number of allylic oxidation sites excluding steroid dienone is 4. The van der Waals surface area contributed by atoms with Crippen LogP contribution in [0.4, 0.5) is 0 Å². The molecule has 1 heterocycles. The predicted molar refractivity (Wildman–Crippen MR) is 90.2 cm³/mol. The van der Waals surface area contributed by atoms with Crippen LogP contribution in [-0.4, -0.2) is 15.7 Å². The van der Waals surface area contributed by atoms with Gasteiger partial charge in [0.25, 0.3) is 0 Å². The van der Waals surface area contributed by atoms with E-state index in [0.29, 0.717) is 5.56 Å². The van der Waals surface area contributed by atoms with E-state index in [2.05, 4.69) is 36.3 Å². The molecule has 22 heavy (non-hydrogen) atoms. The highest BCUT2D eigenvalue weighted by atomic mass is 16.1. The summed E-state index contributed by atoms with van der Waals surface area (Å²) >= 11 is 0. The van der Waals surface area contributed by atoms with Gasteiger partial charge in [-0.15, -0.1) is 0 Å². The number of primary amides is 1. The molecule has 0 saturated heterocycles. The van der Waals surface area contributed by atoms with Crippen molar-refractivity contribution < 1.29 is 4.79 Å². The van der Waals surface area contributed by atoms with E-state index in [4.69, 9.17) is 5.73 Å². The molecule has 1 amide bonds. The summed E-state index contributed by atoms with van der Waals surface area (Å²) in [5.74, 6) is -0.422. The maximum atomic E-state index is 11.1. The van der Waals surface area contributed by atoms with Crippen molar-refractivity contribution >= 4 is 11.5 Å². The molecule has 0 spiro atoms. The van der Waals surface area contributed by atoms with Crippen molar-refractivity contribution in [3.8, 4) is 11.3 Å². The zero-order valence-corrected chi connectivity index (χ0v) is 13.2. The van der Waals surface area contributed by atoms with E-state index >= 15 is 0 Å². The maximum Gasteiger partial charge on any atom is 0.248 e. The Balaban J connectivity index is 2.36. The number of nitrogens with two attached hydrogens (primary N) is 1. The summed E-state index contributed by atoms with van der Waals surface area (Å²) in [5.41, 5.74) is 9.79. The molecule has 0 fully saturated rings. The summed E-state index contributed by atoms with van der Waals surface area (Å²) in [4.78, 5) is 11.1. The zero-order valence-electron chi connectivity index (χ0n) is 13.2. The number of nitrogens with zero attached hydrogens (tertiary/aromatic N) is 2. The second kappa shape index (κ2) is 6.89. The minimum absolute atomic E-state index is 0.422. The summed E-state index contributed by atoms with van der Waals surface area (Å²) in [5, 5.41) is 4.56. The third-order valence-electron chi connectivity index (χ3n) is 3.48. The molecule has 0 saturated carbocycles. The lowest BCUT2D eigenvalue weighted by molar-refractivity contribution is 0.100. The van der Waals surface area contributed by atoms with E-state index in [1.165, 1.54) is 0 Å². The number of amides is 1. The third-order valence-corrected chi connectivity index (χ3v) is 3.48. The van der Waals surface area contributed by atoms with Crippen LogP contribution in [0.15, 0.2) is 48.6 Å². The number of hydrogen-bond donors (Lipinski definition) is 1. The van der Waals surface area contributed by atoms with E-state index in [1.807, 2.05) is 30.8 Å². The number of carbonyl (C=O) groups is 1. The van der Waals surface area contributed by atoms with Crippen LogP contribution in [0.2, 0.25) is 0 Å². The Hall–Kier alpha value is -2.62. The molecule has 2 aromatic rings. The van der Waals surface area contributed by atoms with Gasteiger partial charge in [-0.05, 0) is 37.1 Å². The molecule has 0 atom stereocenters. The van der Waals surface area contributed by atoms with Gasteiger partial charge in [-0.2, -0.15) is 5.10 Å². The third kappa shape index (κ3) is 3.34. The molecule has 0 bridgehead atoms. The van der Waals surface area contributed by atoms with Crippen molar-refractivity contribution in [1.82, 2.24) is 9.78 Å². The molecule has 0 aliphatic heterocycles. The minimum Gasteiger partial charge on any atom is -0.366 e. The molecule has 4 heteroatoms. The number of hydrogen-bond acceptors (Lipinski definition) is 2. The summed E-state index contributed by atoms with van der Waals surface area (Å²) in [6.07, 6.45) is 7.31. The van der Waals surface area contributed by atoms with Gasteiger partial charge in [0.15, 0.2) is 0 Å². The molecule has 0 aliphatic rings. The summed E-state index contributed by atoms with van der Waals surface area (Å²) < 4.78 is 1.87. The molecule has 4 nitrogen and oxygen atoms in total. The lowest BCUT2D eigenvalue weighted by Gasteiger charge is -2.01. The molecule has 2 rings (SSSR count). The van der Waals surface area contributed by atoms with E-state index in [-0.39, 0.29) is 0 Å². The van der Waals surface area contributed by atoms with Gasteiger partial charge in [0.1, 0.15) is 0 Å². The number of carbonyl (C=O) groups excluding carboxylic acids is 1. The van der Waals surface area contributed by atoms with Crippen molar-refractivity contribution in [3.63, 3.8) is 0 Å². The fourth-order valence-electron chi connectivity index (χ4n) is 2.26. The highest BCUT2D eigenvalue weighted by Gasteiger charge is 2.10.